The Bertz CT molecular complexity index is 460. The minimum absolute atomic E-state index is 0.278. The van der Waals surface area contributed by atoms with Gasteiger partial charge in [0.15, 0.2) is 0 Å². The molecule has 0 fully saturated rings. The van der Waals surface area contributed by atoms with Crippen LogP contribution in [0.3, 0.4) is 0 Å². The molecule has 0 saturated heterocycles. The first kappa shape index (κ1) is 11.1. The van der Waals surface area contributed by atoms with Crippen molar-refractivity contribution in [3.05, 3.63) is 24.3 Å². The smallest absolute Gasteiger partial charge is 0.148 e. The second kappa shape index (κ2) is 4.61. The molecule has 0 aliphatic rings. The van der Waals surface area contributed by atoms with Crippen LogP contribution in [-0.4, -0.2) is 29.5 Å². The van der Waals surface area contributed by atoms with E-state index in [0.29, 0.717) is 12.4 Å². The molecule has 0 spiro atoms. The Hall–Kier alpha value is -1.43. The summed E-state index contributed by atoms with van der Waals surface area (Å²) in [7, 11) is 0. The summed E-state index contributed by atoms with van der Waals surface area (Å²) in [6, 6.07) is 0.278. The van der Waals surface area contributed by atoms with Crippen LogP contribution < -0.4 is 0 Å². The number of halogens is 1. The third kappa shape index (κ3) is 2.06. The molecule has 0 N–H and O–H groups in total. The SMILES string of the molecule is CC(C)n1ncnc1Cn1ncnc1CCl. The van der Waals surface area contributed by atoms with Gasteiger partial charge in [-0.25, -0.2) is 19.3 Å². The molecule has 0 aliphatic heterocycles. The van der Waals surface area contributed by atoms with Crippen molar-refractivity contribution in [1.29, 1.82) is 0 Å². The molecule has 0 bridgehead atoms. The van der Waals surface area contributed by atoms with Crippen molar-refractivity contribution in [1.82, 2.24) is 29.5 Å². The summed E-state index contributed by atoms with van der Waals surface area (Å²) < 4.78 is 3.59. The molecule has 16 heavy (non-hydrogen) atoms. The fourth-order valence-electron chi connectivity index (χ4n) is 1.48. The van der Waals surface area contributed by atoms with Gasteiger partial charge in [-0.15, -0.1) is 11.6 Å². The number of alkyl halides is 1. The van der Waals surface area contributed by atoms with E-state index < -0.39 is 0 Å². The molecule has 7 heteroatoms. The van der Waals surface area contributed by atoms with Gasteiger partial charge < -0.3 is 0 Å². The van der Waals surface area contributed by atoms with Gasteiger partial charge in [-0.2, -0.15) is 10.2 Å². The zero-order valence-corrected chi connectivity index (χ0v) is 9.96. The van der Waals surface area contributed by atoms with E-state index in [2.05, 4.69) is 34.0 Å². The minimum atomic E-state index is 0.278. The Labute approximate surface area is 98.3 Å². The Kier molecular flexibility index (Phi) is 3.19. The number of nitrogens with zero attached hydrogens (tertiary/aromatic N) is 6. The molecule has 0 atom stereocenters. The molecule has 2 rings (SSSR count). The average molecular weight is 241 g/mol. The van der Waals surface area contributed by atoms with Gasteiger partial charge in [-0.3, -0.25) is 0 Å². The van der Waals surface area contributed by atoms with Gasteiger partial charge in [0.25, 0.3) is 0 Å². The first-order valence-corrected chi connectivity index (χ1v) is 5.57. The molecular formula is C9H13ClN6. The summed E-state index contributed by atoms with van der Waals surface area (Å²) in [5.41, 5.74) is 0. The van der Waals surface area contributed by atoms with Gasteiger partial charge in [-0.05, 0) is 13.8 Å². The average Bonchev–Trinajstić information content (AvgIpc) is 2.86. The maximum absolute atomic E-state index is 5.75. The number of hydrogen-bond donors (Lipinski definition) is 0. The van der Waals surface area contributed by atoms with Crippen molar-refractivity contribution >= 4 is 11.6 Å². The fourth-order valence-corrected chi connectivity index (χ4v) is 1.68. The molecule has 2 aromatic heterocycles. The van der Waals surface area contributed by atoms with Crippen LogP contribution in [0.15, 0.2) is 12.7 Å². The zero-order valence-electron chi connectivity index (χ0n) is 9.21. The van der Waals surface area contributed by atoms with Crippen LogP contribution >= 0.6 is 11.6 Å². The van der Waals surface area contributed by atoms with E-state index in [1.807, 2.05) is 4.68 Å². The normalized spacial score (nSPS) is 11.2. The van der Waals surface area contributed by atoms with Crippen LogP contribution in [0, 0.1) is 0 Å². The highest BCUT2D eigenvalue weighted by molar-refractivity contribution is 6.16. The van der Waals surface area contributed by atoms with E-state index in [4.69, 9.17) is 11.6 Å². The van der Waals surface area contributed by atoms with Gasteiger partial charge in [-0.1, -0.05) is 0 Å². The Morgan fingerprint density at radius 1 is 1.19 bits per heavy atom. The van der Waals surface area contributed by atoms with E-state index >= 15 is 0 Å². The third-order valence-corrected chi connectivity index (χ3v) is 2.48. The van der Waals surface area contributed by atoms with Crippen molar-refractivity contribution < 1.29 is 0 Å². The molecule has 0 amide bonds. The summed E-state index contributed by atoms with van der Waals surface area (Å²) in [5.74, 6) is 1.93. The molecule has 0 aliphatic carbocycles. The van der Waals surface area contributed by atoms with E-state index in [9.17, 15) is 0 Å². The maximum atomic E-state index is 5.75. The first-order chi connectivity index (χ1) is 7.72. The van der Waals surface area contributed by atoms with Crippen molar-refractivity contribution in [2.24, 2.45) is 0 Å². The van der Waals surface area contributed by atoms with Crippen LogP contribution in [0.1, 0.15) is 31.5 Å². The summed E-state index contributed by atoms with van der Waals surface area (Å²) in [4.78, 5) is 8.26. The van der Waals surface area contributed by atoms with Crippen molar-refractivity contribution in [3.8, 4) is 0 Å². The van der Waals surface area contributed by atoms with Crippen molar-refractivity contribution in [3.63, 3.8) is 0 Å². The molecule has 0 aromatic carbocycles. The molecule has 0 saturated carbocycles. The number of rotatable bonds is 4. The first-order valence-electron chi connectivity index (χ1n) is 5.03. The van der Waals surface area contributed by atoms with Gasteiger partial charge in [0, 0.05) is 6.04 Å². The lowest BCUT2D eigenvalue weighted by atomic mass is 10.4. The summed E-state index contributed by atoms with van der Waals surface area (Å²) in [6.45, 7) is 4.66. The van der Waals surface area contributed by atoms with Crippen molar-refractivity contribution in [2.75, 3.05) is 0 Å². The highest BCUT2D eigenvalue weighted by Crippen LogP contribution is 2.08. The van der Waals surface area contributed by atoms with Crippen LogP contribution in [0.4, 0.5) is 0 Å². The van der Waals surface area contributed by atoms with Crippen LogP contribution in [0.25, 0.3) is 0 Å². The van der Waals surface area contributed by atoms with E-state index in [1.165, 1.54) is 6.33 Å². The summed E-state index contributed by atoms with van der Waals surface area (Å²) in [6.07, 6.45) is 3.04. The predicted molar refractivity (Wildman–Crippen MR) is 59.1 cm³/mol. The van der Waals surface area contributed by atoms with Crippen LogP contribution in [0.5, 0.6) is 0 Å². The van der Waals surface area contributed by atoms with Gasteiger partial charge >= 0.3 is 0 Å². The summed E-state index contributed by atoms with van der Waals surface area (Å²) >= 11 is 5.75. The lowest BCUT2D eigenvalue weighted by molar-refractivity contribution is 0.484. The quantitative estimate of drug-likeness (QED) is 0.755. The van der Waals surface area contributed by atoms with Gasteiger partial charge in [0.2, 0.25) is 0 Å². The fraction of sp³-hybridized carbons (Fsp3) is 0.556. The Morgan fingerprint density at radius 2 is 1.88 bits per heavy atom. The molecule has 2 aromatic rings. The van der Waals surface area contributed by atoms with E-state index in [0.717, 1.165) is 11.6 Å². The van der Waals surface area contributed by atoms with Gasteiger partial charge in [0.05, 0.1) is 5.88 Å². The Morgan fingerprint density at radius 3 is 2.56 bits per heavy atom. The highest BCUT2D eigenvalue weighted by atomic mass is 35.5. The van der Waals surface area contributed by atoms with Crippen molar-refractivity contribution in [2.45, 2.75) is 32.3 Å². The number of aromatic nitrogens is 6. The second-order valence-electron chi connectivity index (χ2n) is 3.68. The predicted octanol–water partition coefficient (Wildman–Crippen LogP) is 1.24. The van der Waals surface area contributed by atoms with E-state index in [1.54, 1.807) is 11.0 Å². The Balaban J connectivity index is 2.23. The third-order valence-electron chi connectivity index (χ3n) is 2.24. The molecular weight excluding hydrogens is 228 g/mol. The molecule has 2 heterocycles. The van der Waals surface area contributed by atoms with E-state index in [-0.39, 0.29) is 6.04 Å². The molecule has 6 nitrogen and oxygen atoms in total. The van der Waals surface area contributed by atoms with Gasteiger partial charge in [0.1, 0.15) is 30.8 Å². The maximum Gasteiger partial charge on any atom is 0.148 e. The zero-order chi connectivity index (χ0) is 11.5. The minimum Gasteiger partial charge on any atom is -0.246 e. The lowest BCUT2D eigenvalue weighted by Gasteiger charge is -2.09. The monoisotopic (exact) mass is 240 g/mol. The molecule has 0 radical (unpaired) electrons. The number of hydrogen-bond acceptors (Lipinski definition) is 4. The largest absolute Gasteiger partial charge is 0.246 e. The highest BCUT2D eigenvalue weighted by Gasteiger charge is 2.10. The van der Waals surface area contributed by atoms with Crippen LogP contribution in [-0.2, 0) is 12.4 Å². The summed E-state index contributed by atoms with van der Waals surface area (Å²) in [5, 5.41) is 8.27. The second-order valence-corrected chi connectivity index (χ2v) is 3.95. The van der Waals surface area contributed by atoms with Crippen LogP contribution in [0.2, 0.25) is 0 Å². The molecule has 86 valence electrons. The standard InChI is InChI=1S/C9H13ClN6/c1-7(2)16-9(12-6-14-16)4-15-8(3-10)11-5-13-15/h5-7H,3-4H2,1-2H3. The topological polar surface area (TPSA) is 61.4 Å². The molecule has 0 unspecified atom stereocenters. The lowest BCUT2D eigenvalue weighted by Crippen LogP contribution is -2.14.